The third-order valence-corrected chi connectivity index (χ3v) is 6.69. The molecule has 248 valence electrons. The van der Waals surface area contributed by atoms with E-state index in [0.717, 1.165) is 24.3 Å². The van der Waals surface area contributed by atoms with Crippen molar-refractivity contribution >= 4 is 11.1 Å². The monoisotopic (exact) mass is 703 g/mol. The molecule has 0 aliphatic rings. The molecule has 19 heteroatoms. The van der Waals surface area contributed by atoms with Gasteiger partial charge in [0.05, 0.1) is 79.4 Å². The molecule has 0 aliphatic carbocycles. The van der Waals surface area contributed by atoms with E-state index in [4.69, 9.17) is 0 Å². The summed E-state index contributed by atoms with van der Waals surface area (Å²) in [5.41, 5.74) is -21.9. The molecular formula is C31H5F12N7. The van der Waals surface area contributed by atoms with E-state index in [9.17, 15) is 89.5 Å². The van der Waals surface area contributed by atoms with E-state index < -0.39 is 107 Å². The lowest BCUT2D eigenvalue weighted by Crippen LogP contribution is -2.28. The van der Waals surface area contributed by atoms with Crippen molar-refractivity contribution in [2.45, 2.75) is 24.7 Å². The number of halogens is 12. The normalized spacial score (nSPS) is 12.9. The average molecular weight is 703 g/mol. The standard InChI is InChI=1S/C31H5F12N7/c32-28(33,34)16-1-14(7-45)26(30(38,39)40)19(4-16)21(9-47)18-3-13(6-44)25(24(12-50)22(18)10-48)23(11-49)20-5-17(29(35,36)37)2-15(8-46)27(20)31(41,42)43/h1-5H/b21-18+,25-23+. The van der Waals surface area contributed by atoms with Gasteiger partial charge in [-0.05, 0) is 30.3 Å². The topological polar surface area (TPSA) is 167 Å². The molecule has 3 aromatic rings. The average Bonchev–Trinajstić information content (AvgIpc) is 3.02. The van der Waals surface area contributed by atoms with Gasteiger partial charge in [-0.2, -0.15) is 89.5 Å². The smallest absolute Gasteiger partial charge is 0.192 e. The van der Waals surface area contributed by atoms with Gasteiger partial charge in [0, 0.05) is 21.6 Å². The van der Waals surface area contributed by atoms with Crippen molar-refractivity contribution in [3.63, 3.8) is 0 Å². The second-order valence-electron chi connectivity index (χ2n) is 9.51. The van der Waals surface area contributed by atoms with Crippen molar-refractivity contribution in [1.29, 1.82) is 36.8 Å². The van der Waals surface area contributed by atoms with Crippen molar-refractivity contribution in [3.05, 3.63) is 102 Å². The predicted molar refractivity (Wildman–Crippen MR) is 138 cm³/mol. The van der Waals surface area contributed by atoms with Gasteiger partial charge < -0.3 is 0 Å². The van der Waals surface area contributed by atoms with Crippen LogP contribution in [0.5, 0.6) is 0 Å². The zero-order valence-corrected chi connectivity index (χ0v) is 23.6. The van der Waals surface area contributed by atoms with Crippen LogP contribution >= 0.6 is 0 Å². The first-order valence-corrected chi connectivity index (χ1v) is 12.5. The Morgan fingerprint density at radius 3 is 1.10 bits per heavy atom. The Bertz CT molecular complexity index is 2400. The predicted octanol–water partition coefficient (Wildman–Crippen LogP) is 6.57. The Morgan fingerprint density at radius 1 is 0.420 bits per heavy atom. The van der Waals surface area contributed by atoms with Gasteiger partial charge in [-0.3, -0.25) is 0 Å². The molecule has 50 heavy (non-hydrogen) atoms. The van der Waals surface area contributed by atoms with Gasteiger partial charge in [0.2, 0.25) is 0 Å². The number of rotatable bonds is 2. The van der Waals surface area contributed by atoms with Gasteiger partial charge in [-0.1, -0.05) is 0 Å². The summed E-state index contributed by atoms with van der Waals surface area (Å²) < 4.78 is 167. The molecule has 0 fully saturated rings. The molecule has 0 radical (unpaired) electrons. The summed E-state index contributed by atoms with van der Waals surface area (Å²) in [5.74, 6) is 0. The molecule has 0 spiro atoms. The SMILES string of the molecule is N#C/C(c1cc(C(F)(F)F)cc(C#N)c1C(F)(F)F)=c1/cc(C#N)/c(=C(/C#N)c2cc(C(F)(F)F)cc(C#N)c2C(F)(F)F)c(C#N)c1C#N. The number of nitriles is 7. The van der Waals surface area contributed by atoms with E-state index in [1.807, 2.05) is 0 Å². The molecule has 0 atom stereocenters. The van der Waals surface area contributed by atoms with Crippen molar-refractivity contribution in [3.8, 4) is 42.5 Å². The highest BCUT2D eigenvalue weighted by molar-refractivity contribution is 5.85. The van der Waals surface area contributed by atoms with Gasteiger partial charge in [0.1, 0.15) is 24.3 Å². The van der Waals surface area contributed by atoms with E-state index in [1.54, 1.807) is 0 Å². The first kappa shape index (κ1) is 37.4. The van der Waals surface area contributed by atoms with Gasteiger partial charge in [0.15, 0.2) is 0 Å². The Balaban J connectivity index is 2.88. The fourth-order valence-electron chi connectivity index (χ4n) is 4.77. The molecule has 0 aromatic heterocycles. The third-order valence-electron chi connectivity index (χ3n) is 6.69. The molecule has 0 heterocycles. The lowest BCUT2D eigenvalue weighted by molar-refractivity contribution is -0.141. The van der Waals surface area contributed by atoms with E-state index >= 15 is 0 Å². The van der Waals surface area contributed by atoms with Gasteiger partial charge >= 0.3 is 24.7 Å². The molecular weight excluding hydrogens is 698 g/mol. The Morgan fingerprint density at radius 2 is 0.800 bits per heavy atom. The number of benzene rings is 3. The molecule has 0 aliphatic heterocycles. The quantitative estimate of drug-likeness (QED) is 0.272. The summed E-state index contributed by atoms with van der Waals surface area (Å²) in [5, 5.41) is 65.6. The second-order valence-corrected chi connectivity index (χ2v) is 9.51. The molecule has 0 saturated carbocycles. The summed E-state index contributed by atoms with van der Waals surface area (Å²) in [6.07, 6.45) is -22.3. The van der Waals surface area contributed by atoms with Crippen LogP contribution < -0.4 is 10.4 Å². The van der Waals surface area contributed by atoms with Crippen LogP contribution in [0.3, 0.4) is 0 Å². The van der Waals surface area contributed by atoms with Crippen molar-refractivity contribution in [2.24, 2.45) is 0 Å². The van der Waals surface area contributed by atoms with Crippen molar-refractivity contribution in [2.75, 3.05) is 0 Å². The Labute approximate surface area is 270 Å². The molecule has 3 rings (SSSR count). The fourth-order valence-corrected chi connectivity index (χ4v) is 4.77. The van der Waals surface area contributed by atoms with Crippen LogP contribution in [0.4, 0.5) is 52.7 Å². The van der Waals surface area contributed by atoms with Crippen LogP contribution in [0.15, 0.2) is 30.3 Å². The minimum atomic E-state index is -5.69. The number of alkyl halides is 12. The molecule has 7 nitrogen and oxygen atoms in total. The molecule has 0 N–H and O–H groups in total. The lowest BCUT2D eigenvalue weighted by Gasteiger charge is -2.18. The van der Waals surface area contributed by atoms with Crippen LogP contribution in [0.25, 0.3) is 11.1 Å². The molecule has 3 aromatic carbocycles. The van der Waals surface area contributed by atoms with Crippen LogP contribution in [0, 0.1) is 79.3 Å². The number of hydrogen-bond acceptors (Lipinski definition) is 7. The summed E-state index contributed by atoms with van der Waals surface area (Å²) in [4.78, 5) is 0. The maximum Gasteiger partial charge on any atom is 0.418 e. The van der Waals surface area contributed by atoms with Crippen LogP contribution in [-0.2, 0) is 24.7 Å². The van der Waals surface area contributed by atoms with Crippen LogP contribution in [0.1, 0.15) is 61.2 Å². The van der Waals surface area contributed by atoms with Crippen molar-refractivity contribution in [1.82, 2.24) is 0 Å². The minimum absolute atomic E-state index is 0.200. The fraction of sp³-hybridized carbons (Fsp3) is 0.129. The summed E-state index contributed by atoms with van der Waals surface area (Å²) >= 11 is 0. The molecule has 0 amide bonds. The van der Waals surface area contributed by atoms with Gasteiger partial charge in [-0.15, -0.1) is 0 Å². The van der Waals surface area contributed by atoms with Crippen LogP contribution in [0.2, 0.25) is 0 Å². The third kappa shape index (κ3) is 6.69. The molecule has 0 saturated heterocycles. The molecule has 0 bridgehead atoms. The minimum Gasteiger partial charge on any atom is -0.192 e. The number of hydrogen-bond donors (Lipinski definition) is 0. The van der Waals surface area contributed by atoms with E-state index in [-0.39, 0.29) is 30.3 Å². The highest BCUT2D eigenvalue weighted by Gasteiger charge is 2.43. The Hall–Kier alpha value is -7.01. The highest BCUT2D eigenvalue weighted by Crippen LogP contribution is 2.42. The summed E-state index contributed by atoms with van der Waals surface area (Å²) in [6.45, 7) is 0. The first-order valence-electron chi connectivity index (χ1n) is 12.5. The summed E-state index contributed by atoms with van der Waals surface area (Å²) in [6, 6.07) is 6.97. The largest absolute Gasteiger partial charge is 0.418 e. The van der Waals surface area contributed by atoms with Crippen molar-refractivity contribution < 1.29 is 52.7 Å². The maximum atomic E-state index is 14.2. The highest BCUT2D eigenvalue weighted by atomic mass is 19.4. The zero-order chi connectivity index (χ0) is 38.1. The van der Waals surface area contributed by atoms with Crippen LogP contribution in [-0.4, -0.2) is 0 Å². The molecule has 0 unspecified atom stereocenters. The second kappa shape index (κ2) is 12.9. The van der Waals surface area contributed by atoms with Gasteiger partial charge in [0.25, 0.3) is 0 Å². The summed E-state index contributed by atoms with van der Waals surface area (Å²) in [7, 11) is 0. The van der Waals surface area contributed by atoms with Gasteiger partial charge in [-0.25, -0.2) is 0 Å². The van der Waals surface area contributed by atoms with E-state index in [2.05, 4.69) is 0 Å². The zero-order valence-electron chi connectivity index (χ0n) is 23.6. The first-order chi connectivity index (χ1) is 23.0. The Kier molecular flexibility index (Phi) is 9.65. The lowest BCUT2D eigenvalue weighted by atomic mass is 9.86. The van der Waals surface area contributed by atoms with E-state index in [1.165, 1.54) is 18.2 Å². The maximum absolute atomic E-state index is 14.2. The van der Waals surface area contributed by atoms with E-state index in [0.29, 0.717) is 0 Å². The number of nitrogens with zero attached hydrogens (tertiary/aromatic N) is 7.